The van der Waals surface area contributed by atoms with Crippen molar-refractivity contribution >= 4 is 22.4 Å². The third kappa shape index (κ3) is 4.28. The Morgan fingerprint density at radius 1 is 1.19 bits per heavy atom. The summed E-state index contributed by atoms with van der Waals surface area (Å²) in [6.45, 7) is 3.95. The predicted molar refractivity (Wildman–Crippen MR) is 86.5 cm³/mol. The first-order chi connectivity index (χ1) is 10.1. The Morgan fingerprint density at radius 3 is 2.67 bits per heavy atom. The lowest BCUT2D eigenvalue weighted by molar-refractivity contribution is -0.875. The number of hydrogen-bond acceptors (Lipinski definition) is 1. The minimum absolute atomic E-state index is 0.0557. The van der Waals surface area contributed by atoms with Gasteiger partial charge in [0.2, 0.25) is 0 Å². The van der Waals surface area contributed by atoms with Crippen LogP contribution in [0.4, 0.5) is 5.69 Å². The number of fused-ring (bicyclic) bond motifs is 1. The number of rotatable bonds is 6. The topological polar surface area (TPSA) is 50.2 Å². The van der Waals surface area contributed by atoms with Gasteiger partial charge >= 0.3 is 0 Å². The molecule has 2 aromatic rings. The summed E-state index contributed by atoms with van der Waals surface area (Å²) in [5.41, 5.74) is 0.886. The molecule has 0 unspecified atom stereocenters. The van der Waals surface area contributed by atoms with E-state index in [0.29, 0.717) is 0 Å². The predicted octanol–water partition coefficient (Wildman–Crippen LogP) is -0.125. The lowest BCUT2D eigenvalue weighted by Gasteiger charge is -2.13. The molecule has 4 nitrogen and oxygen atoms in total. The van der Waals surface area contributed by atoms with E-state index in [1.54, 1.807) is 0 Å². The number of likely N-dealkylation sites (N-methyl/N-ethyl adjacent to an activating group) is 1. The largest absolute Gasteiger partial charge is 0.335 e. The van der Waals surface area contributed by atoms with Crippen LogP contribution in [0.25, 0.3) is 10.8 Å². The highest BCUT2D eigenvalue weighted by Crippen LogP contribution is 2.22. The van der Waals surface area contributed by atoms with Crippen LogP contribution < -0.4 is 15.5 Å². The van der Waals surface area contributed by atoms with Crippen LogP contribution in [-0.4, -0.2) is 39.1 Å². The SMILES string of the molecule is C[C@H]([NH2+]CC[NH+](C)C)C(=O)Nc1cccc2ccccc12. The normalized spacial score (nSPS) is 12.6. The smallest absolute Gasteiger partial charge is 0.282 e. The number of nitrogens with two attached hydrogens (primary N) is 1. The highest BCUT2D eigenvalue weighted by Gasteiger charge is 2.17. The van der Waals surface area contributed by atoms with Gasteiger partial charge in [-0.05, 0) is 18.4 Å². The molecule has 0 aromatic heterocycles. The van der Waals surface area contributed by atoms with Gasteiger partial charge in [-0.15, -0.1) is 0 Å². The maximum atomic E-state index is 12.3. The zero-order valence-corrected chi connectivity index (χ0v) is 13.0. The second kappa shape index (κ2) is 7.20. The van der Waals surface area contributed by atoms with Gasteiger partial charge in [-0.1, -0.05) is 36.4 Å². The summed E-state index contributed by atoms with van der Waals surface area (Å²) in [5.74, 6) is 0.0557. The average molecular weight is 287 g/mol. The molecule has 0 fully saturated rings. The molecular weight excluding hydrogens is 262 g/mol. The summed E-state index contributed by atoms with van der Waals surface area (Å²) in [7, 11) is 4.24. The molecule has 2 rings (SSSR count). The molecular formula is C17H25N3O+2. The number of amides is 1. The molecule has 0 bridgehead atoms. The standard InChI is InChI=1S/C17H23N3O/c1-13(18-11-12-20(2)3)17(21)19-16-10-6-8-14-7-4-5-9-15(14)16/h4-10,13,18H,11-12H2,1-3H3,(H,19,21)/p+2/t13-/m0/s1. The fourth-order valence-electron chi connectivity index (χ4n) is 2.31. The van der Waals surface area contributed by atoms with Crippen LogP contribution in [0.3, 0.4) is 0 Å². The molecule has 0 heterocycles. The molecule has 4 N–H and O–H groups in total. The number of nitrogens with one attached hydrogen (secondary N) is 2. The van der Waals surface area contributed by atoms with Gasteiger partial charge in [-0.3, -0.25) is 4.79 Å². The molecule has 21 heavy (non-hydrogen) atoms. The first-order valence-electron chi connectivity index (χ1n) is 7.49. The zero-order chi connectivity index (χ0) is 15.2. The van der Waals surface area contributed by atoms with Crippen LogP contribution in [-0.2, 0) is 4.79 Å². The maximum absolute atomic E-state index is 12.3. The number of quaternary nitrogens is 2. The fraction of sp³-hybridized carbons (Fsp3) is 0.353. The van der Waals surface area contributed by atoms with Crippen molar-refractivity contribution in [1.29, 1.82) is 0 Å². The molecule has 0 aliphatic carbocycles. The van der Waals surface area contributed by atoms with E-state index in [9.17, 15) is 4.79 Å². The molecule has 1 amide bonds. The summed E-state index contributed by atoms with van der Waals surface area (Å²) >= 11 is 0. The number of hydrogen-bond donors (Lipinski definition) is 3. The molecule has 1 atom stereocenters. The third-order valence-corrected chi connectivity index (χ3v) is 3.63. The Hall–Kier alpha value is -1.91. The third-order valence-electron chi connectivity index (χ3n) is 3.63. The van der Waals surface area contributed by atoms with E-state index in [4.69, 9.17) is 0 Å². The number of anilines is 1. The average Bonchev–Trinajstić information content (AvgIpc) is 2.47. The zero-order valence-electron chi connectivity index (χ0n) is 13.0. The van der Waals surface area contributed by atoms with E-state index in [2.05, 4.69) is 36.9 Å². The molecule has 0 saturated heterocycles. The van der Waals surface area contributed by atoms with E-state index < -0.39 is 0 Å². The summed E-state index contributed by atoms with van der Waals surface area (Å²) in [4.78, 5) is 13.7. The van der Waals surface area contributed by atoms with Crippen molar-refractivity contribution in [2.24, 2.45) is 0 Å². The van der Waals surface area contributed by atoms with Crippen LogP contribution in [0.1, 0.15) is 6.92 Å². The highest BCUT2D eigenvalue weighted by atomic mass is 16.2. The molecule has 0 aliphatic rings. The first-order valence-corrected chi connectivity index (χ1v) is 7.49. The molecule has 0 spiro atoms. The van der Waals surface area contributed by atoms with Crippen molar-refractivity contribution in [1.82, 2.24) is 0 Å². The lowest BCUT2D eigenvalue weighted by atomic mass is 10.1. The Labute approximate surface area is 126 Å². The Balaban J connectivity index is 2.01. The Bertz CT molecular complexity index is 605. The molecule has 0 saturated carbocycles. The minimum Gasteiger partial charge on any atom is -0.335 e. The lowest BCUT2D eigenvalue weighted by Crippen LogP contribution is -3.10. The Morgan fingerprint density at radius 2 is 1.90 bits per heavy atom. The second-order valence-electron chi connectivity index (χ2n) is 5.79. The van der Waals surface area contributed by atoms with Gasteiger partial charge in [0.15, 0.2) is 6.04 Å². The second-order valence-corrected chi connectivity index (χ2v) is 5.79. The van der Waals surface area contributed by atoms with Gasteiger partial charge in [0.05, 0.1) is 14.1 Å². The summed E-state index contributed by atoms with van der Waals surface area (Å²) < 4.78 is 0. The van der Waals surface area contributed by atoms with Gasteiger partial charge in [0.25, 0.3) is 5.91 Å². The summed E-state index contributed by atoms with van der Waals surface area (Å²) in [6, 6.07) is 14.0. The van der Waals surface area contributed by atoms with Crippen LogP contribution >= 0.6 is 0 Å². The Kier molecular flexibility index (Phi) is 5.31. The van der Waals surface area contributed by atoms with Crippen molar-refractivity contribution in [3.63, 3.8) is 0 Å². The van der Waals surface area contributed by atoms with E-state index in [1.165, 1.54) is 4.90 Å². The quantitative estimate of drug-likeness (QED) is 0.681. The van der Waals surface area contributed by atoms with Crippen LogP contribution in [0, 0.1) is 0 Å². The molecule has 112 valence electrons. The van der Waals surface area contributed by atoms with Gasteiger partial charge < -0.3 is 15.5 Å². The van der Waals surface area contributed by atoms with E-state index >= 15 is 0 Å². The van der Waals surface area contributed by atoms with Crippen molar-refractivity contribution in [3.8, 4) is 0 Å². The van der Waals surface area contributed by atoms with Crippen molar-refractivity contribution in [2.75, 3.05) is 32.5 Å². The molecule has 2 aromatic carbocycles. The van der Waals surface area contributed by atoms with Crippen molar-refractivity contribution in [2.45, 2.75) is 13.0 Å². The molecule has 4 heteroatoms. The van der Waals surface area contributed by atoms with Crippen molar-refractivity contribution < 1.29 is 15.0 Å². The fourth-order valence-corrected chi connectivity index (χ4v) is 2.31. The van der Waals surface area contributed by atoms with Gasteiger partial charge in [0, 0.05) is 11.1 Å². The minimum atomic E-state index is -0.0803. The number of carbonyl (C=O) groups is 1. The van der Waals surface area contributed by atoms with Crippen LogP contribution in [0.5, 0.6) is 0 Å². The summed E-state index contributed by atoms with van der Waals surface area (Å²) in [5, 5.41) is 7.36. The summed E-state index contributed by atoms with van der Waals surface area (Å²) in [6.07, 6.45) is 0. The van der Waals surface area contributed by atoms with E-state index in [0.717, 1.165) is 29.5 Å². The molecule has 0 radical (unpaired) electrons. The maximum Gasteiger partial charge on any atom is 0.282 e. The van der Waals surface area contributed by atoms with Gasteiger partial charge in [-0.2, -0.15) is 0 Å². The number of carbonyl (C=O) groups excluding carboxylic acids is 1. The first kappa shape index (κ1) is 15.5. The van der Waals surface area contributed by atoms with Gasteiger partial charge in [-0.25, -0.2) is 0 Å². The van der Waals surface area contributed by atoms with Crippen LogP contribution in [0.15, 0.2) is 42.5 Å². The highest BCUT2D eigenvalue weighted by molar-refractivity contribution is 6.03. The number of benzene rings is 2. The van der Waals surface area contributed by atoms with Crippen LogP contribution in [0.2, 0.25) is 0 Å². The van der Waals surface area contributed by atoms with E-state index in [-0.39, 0.29) is 11.9 Å². The van der Waals surface area contributed by atoms with E-state index in [1.807, 2.05) is 37.3 Å². The van der Waals surface area contributed by atoms with Crippen molar-refractivity contribution in [3.05, 3.63) is 42.5 Å². The monoisotopic (exact) mass is 287 g/mol. The van der Waals surface area contributed by atoms with Gasteiger partial charge in [0.1, 0.15) is 13.1 Å². The molecule has 0 aliphatic heterocycles.